The van der Waals surface area contributed by atoms with Gasteiger partial charge in [-0.1, -0.05) is 157 Å². The first-order chi connectivity index (χ1) is 19.5. The number of benzene rings is 4. The molecule has 0 aromatic heterocycles. The van der Waals surface area contributed by atoms with Crippen LogP contribution in [0.15, 0.2) is 95.3 Å². The normalized spacial score (nSPS) is 16.9. The maximum absolute atomic E-state index is 2.75. The minimum Gasteiger partial charge on any atom is -0.0709 e. The molecule has 0 saturated heterocycles. The van der Waals surface area contributed by atoms with E-state index in [4.69, 9.17) is 0 Å². The number of fused-ring (bicyclic) bond motifs is 2. The maximum atomic E-state index is 2.75. The summed E-state index contributed by atoms with van der Waals surface area (Å²) in [5, 5.41) is 3.54. The van der Waals surface area contributed by atoms with Crippen LogP contribution >= 0.6 is 0 Å². The van der Waals surface area contributed by atoms with Crippen molar-refractivity contribution in [2.24, 2.45) is 0 Å². The van der Waals surface area contributed by atoms with Crippen LogP contribution in [0.4, 0.5) is 0 Å². The lowest BCUT2D eigenvalue weighted by atomic mass is 9.96. The van der Waals surface area contributed by atoms with E-state index in [0.717, 1.165) is 18.4 Å². The number of aryl methyl sites for hydroxylation is 2. The van der Waals surface area contributed by atoms with Gasteiger partial charge in [0.15, 0.2) is 0 Å². The average Bonchev–Trinajstić information content (AvgIpc) is 3.62. The third kappa shape index (κ3) is 4.36. The first-order valence-corrected chi connectivity index (χ1v) is 17.9. The molecule has 0 N–H and O–H groups in total. The molecule has 0 radical (unpaired) electrons. The molecule has 7 rings (SSSR count). The van der Waals surface area contributed by atoms with Gasteiger partial charge in [-0.25, -0.2) is 0 Å². The predicted octanol–water partition coefficient (Wildman–Crippen LogP) is 10.7. The lowest BCUT2D eigenvalue weighted by molar-refractivity contribution is 0.493. The van der Waals surface area contributed by atoms with Crippen LogP contribution in [0.3, 0.4) is 0 Å². The molecule has 1 saturated carbocycles. The molecule has 4 aromatic rings. The Bertz CT molecular complexity index is 1550. The lowest BCUT2D eigenvalue weighted by Gasteiger charge is -2.41. The Balaban J connectivity index is 1.34. The van der Waals surface area contributed by atoms with E-state index in [9.17, 15) is 0 Å². The Morgan fingerprint density at radius 1 is 0.575 bits per heavy atom. The molecular weight excluding hydrogens is 497 g/mol. The number of hydrogen-bond donors (Lipinski definition) is 0. The highest BCUT2D eigenvalue weighted by atomic mass is 28.3. The van der Waals surface area contributed by atoms with Crippen molar-refractivity contribution in [3.63, 3.8) is 0 Å². The zero-order valence-corrected chi connectivity index (χ0v) is 25.3. The van der Waals surface area contributed by atoms with E-state index < -0.39 is 8.07 Å². The summed E-state index contributed by atoms with van der Waals surface area (Å²) in [7, 11) is -1.93. The fourth-order valence-corrected chi connectivity index (χ4v) is 13.0. The third-order valence-electron chi connectivity index (χ3n) is 10.2. The summed E-state index contributed by atoms with van der Waals surface area (Å²) in [6.07, 6.45) is 14.6. The van der Waals surface area contributed by atoms with Gasteiger partial charge in [0.25, 0.3) is 0 Å². The van der Waals surface area contributed by atoms with Gasteiger partial charge in [0.2, 0.25) is 0 Å². The van der Waals surface area contributed by atoms with Crippen LogP contribution in [0.25, 0.3) is 34.4 Å². The SMILES string of the molecule is Cc1cccc(-c2cccc3c2C=C([Si](C)(C2=Cc4c(cccc4-c4cccc(C)c4)C2)C2CCCCC2)C3)c1. The molecule has 0 atom stereocenters. The van der Waals surface area contributed by atoms with Crippen molar-refractivity contribution < 1.29 is 0 Å². The van der Waals surface area contributed by atoms with Crippen LogP contribution < -0.4 is 0 Å². The quantitative estimate of drug-likeness (QED) is 0.223. The summed E-state index contributed by atoms with van der Waals surface area (Å²) >= 11 is 0. The van der Waals surface area contributed by atoms with E-state index in [0.29, 0.717) is 0 Å². The number of hydrogen-bond acceptors (Lipinski definition) is 0. The van der Waals surface area contributed by atoms with Gasteiger partial charge in [-0.2, -0.15) is 0 Å². The van der Waals surface area contributed by atoms with Crippen molar-refractivity contribution in [3.05, 3.63) is 129 Å². The van der Waals surface area contributed by atoms with Gasteiger partial charge in [-0.15, -0.1) is 0 Å². The fraction of sp³-hybridized carbons (Fsp3) is 0.282. The molecule has 3 aliphatic rings. The Labute approximate surface area is 241 Å². The Hall–Kier alpha value is -3.42. The van der Waals surface area contributed by atoms with Crippen molar-refractivity contribution in [2.45, 2.75) is 70.9 Å². The molecule has 0 aliphatic heterocycles. The second kappa shape index (κ2) is 10.2. The molecule has 40 heavy (non-hydrogen) atoms. The van der Waals surface area contributed by atoms with E-state index >= 15 is 0 Å². The fourth-order valence-electron chi connectivity index (χ4n) is 7.94. The lowest BCUT2D eigenvalue weighted by Crippen LogP contribution is -2.43. The minimum absolute atomic E-state index is 0.840. The van der Waals surface area contributed by atoms with Gasteiger partial charge in [0.05, 0.1) is 0 Å². The van der Waals surface area contributed by atoms with Crippen LogP contribution in [0.5, 0.6) is 0 Å². The van der Waals surface area contributed by atoms with Crippen LogP contribution in [0.1, 0.15) is 65.5 Å². The minimum atomic E-state index is -1.93. The molecule has 0 amide bonds. The van der Waals surface area contributed by atoms with Crippen LogP contribution in [-0.2, 0) is 12.8 Å². The smallest absolute Gasteiger partial charge is 0.0709 e. The number of allylic oxidation sites excluding steroid dienone is 2. The van der Waals surface area contributed by atoms with Crippen molar-refractivity contribution in [1.29, 1.82) is 0 Å². The monoisotopic (exact) mass is 536 g/mol. The van der Waals surface area contributed by atoms with E-state index in [1.165, 1.54) is 87.7 Å². The van der Waals surface area contributed by atoms with Crippen molar-refractivity contribution >= 4 is 20.2 Å². The molecule has 0 heterocycles. The van der Waals surface area contributed by atoms with E-state index in [1.807, 2.05) is 0 Å². The molecule has 0 unspecified atom stereocenters. The maximum Gasteiger partial charge on any atom is 0.109 e. The summed E-state index contributed by atoms with van der Waals surface area (Å²) in [5.74, 6) is 0. The van der Waals surface area contributed by atoms with Crippen LogP contribution in [0, 0.1) is 13.8 Å². The van der Waals surface area contributed by atoms with Gasteiger partial charge in [0.1, 0.15) is 8.07 Å². The zero-order chi connectivity index (χ0) is 27.3. The van der Waals surface area contributed by atoms with Crippen LogP contribution in [-0.4, -0.2) is 8.07 Å². The molecule has 3 aliphatic carbocycles. The van der Waals surface area contributed by atoms with Gasteiger partial charge in [-0.3, -0.25) is 0 Å². The number of rotatable bonds is 5. The van der Waals surface area contributed by atoms with Crippen molar-refractivity contribution in [2.75, 3.05) is 0 Å². The Kier molecular flexibility index (Phi) is 6.51. The van der Waals surface area contributed by atoms with Crippen LogP contribution in [0.2, 0.25) is 12.1 Å². The summed E-state index contributed by atoms with van der Waals surface area (Å²) in [6, 6.07) is 32.1. The summed E-state index contributed by atoms with van der Waals surface area (Å²) in [5.41, 5.74) is 15.0. The molecule has 1 heteroatoms. The first kappa shape index (κ1) is 25.5. The highest BCUT2D eigenvalue weighted by Gasteiger charge is 2.46. The Morgan fingerprint density at radius 3 is 1.52 bits per heavy atom. The Morgan fingerprint density at radius 2 is 1.05 bits per heavy atom. The highest BCUT2D eigenvalue weighted by molar-refractivity contribution is 6.94. The van der Waals surface area contributed by atoms with E-state index in [1.54, 1.807) is 10.4 Å². The third-order valence-corrected chi connectivity index (χ3v) is 15.7. The van der Waals surface area contributed by atoms with Crippen molar-refractivity contribution in [1.82, 2.24) is 0 Å². The van der Waals surface area contributed by atoms with E-state index in [-0.39, 0.29) is 0 Å². The molecule has 0 nitrogen and oxygen atoms in total. The second-order valence-corrected chi connectivity index (χ2v) is 17.2. The summed E-state index contributed by atoms with van der Waals surface area (Å²) in [4.78, 5) is 0. The summed E-state index contributed by atoms with van der Waals surface area (Å²) < 4.78 is 0. The van der Waals surface area contributed by atoms with Gasteiger partial charge in [0, 0.05) is 0 Å². The van der Waals surface area contributed by atoms with E-state index in [2.05, 4.69) is 117 Å². The molecule has 0 bridgehead atoms. The molecule has 1 fully saturated rings. The molecule has 200 valence electrons. The predicted molar refractivity (Wildman–Crippen MR) is 175 cm³/mol. The zero-order valence-electron chi connectivity index (χ0n) is 24.3. The summed E-state index contributed by atoms with van der Waals surface area (Å²) in [6.45, 7) is 7.16. The molecular formula is C39H40Si. The molecule has 4 aromatic carbocycles. The van der Waals surface area contributed by atoms with Gasteiger partial charge >= 0.3 is 0 Å². The standard InChI is InChI=1S/C39H40Si/c1-27-11-7-13-29(21-27)36-19-9-15-31-23-34(25-38(31)36)40(3,33-17-5-4-6-18-33)35-24-32-16-10-20-37(39(32)26-35)30-14-8-12-28(2)22-30/h7-16,19-22,25-26,33H,4-6,17-18,23-24H2,1-3H3. The van der Waals surface area contributed by atoms with Gasteiger partial charge < -0.3 is 0 Å². The molecule has 0 spiro atoms. The first-order valence-electron chi connectivity index (χ1n) is 15.3. The second-order valence-electron chi connectivity index (χ2n) is 12.7. The highest BCUT2D eigenvalue weighted by Crippen LogP contribution is 2.51. The topological polar surface area (TPSA) is 0 Å². The van der Waals surface area contributed by atoms with Gasteiger partial charge in [-0.05, 0) is 76.7 Å². The van der Waals surface area contributed by atoms with Crippen molar-refractivity contribution in [3.8, 4) is 22.3 Å². The average molecular weight is 537 g/mol. The largest absolute Gasteiger partial charge is 0.109 e.